The van der Waals surface area contributed by atoms with Gasteiger partial charge in [0.25, 0.3) is 5.91 Å². The van der Waals surface area contributed by atoms with Gasteiger partial charge in [0, 0.05) is 33.2 Å². The Hall–Kier alpha value is -2.24. The van der Waals surface area contributed by atoms with Crippen molar-refractivity contribution >= 4 is 11.9 Å². The lowest BCUT2D eigenvalue weighted by atomic mass is 10.1. The van der Waals surface area contributed by atoms with Crippen molar-refractivity contribution in [2.45, 2.75) is 32.7 Å². The van der Waals surface area contributed by atoms with Crippen LogP contribution in [0.25, 0.3) is 0 Å². The van der Waals surface area contributed by atoms with Crippen molar-refractivity contribution in [1.29, 1.82) is 0 Å². The molecule has 1 heterocycles. The number of piperidine rings is 1. The van der Waals surface area contributed by atoms with Crippen LogP contribution in [0.4, 0.5) is 4.79 Å². The van der Waals surface area contributed by atoms with Gasteiger partial charge in [-0.1, -0.05) is 12.1 Å². The van der Waals surface area contributed by atoms with Crippen molar-refractivity contribution in [3.05, 3.63) is 29.3 Å². The number of carbonyl (C=O) groups excluding carboxylic acids is 2. The minimum atomic E-state index is -0.0852. The summed E-state index contributed by atoms with van der Waals surface area (Å²) in [4.78, 5) is 27.3. The molecule has 0 atom stereocenters. The number of carbonyl (C=O) groups is 2. The molecule has 3 amide bonds. The molecule has 1 aliphatic rings. The van der Waals surface area contributed by atoms with Gasteiger partial charge in [-0.2, -0.15) is 0 Å². The molecule has 1 N–H and O–H groups in total. The molecule has 6 heteroatoms. The fourth-order valence-electron chi connectivity index (χ4n) is 2.69. The standard InChI is InChI=1S/C18H27N3O3/c1-13-6-5-7-16(14(13)2)24-12-17(22)21-10-8-15(9-11-21)19-18(23)20(3)4/h5-7,15H,8-12H2,1-4H3,(H,19,23). The van der Waals surface area contributed by atoms with Crippen LogP contribution in [0.15, 0.2) is 18.2 Å². The first-order valence-electron chi connectivity index (χ1n) is 8.33. The lowest BCUT2D eigenvalue weighted by molar-refractivity contribution is -0.134. The van der Waals surface area contributed by atoms with Crippen molar-refractivity contribution in [2.24, 2.45) is 0 Å². The fraction of sp³-hybridized carbons (Fsp3) is 0.556. The Kier molecular flexibility index (Phi) is 6.06. The van der Waals surface area contributed by atoms with Crippen molar-refractivity contribution in [2.75, 3.05) is 33.8 Å². The lowest BCUT2D eigenvalue weighted by Gasteiger charge is -2.32. The Morgan fingerprint density at radius 1 is 1.25 bits per heavy atom. The van der Waals surface area contributed by atoms with Crippen LogP contribution in [0.5, 0.6) is 5.75 Å². The van der Waals surface area contributed by atoms with Crippen LogP contribution >= 0.6 is 0 Å². The van der Waals surface area contributed by atoms with Crippen LogP contribution in [-0.4, -0.2) is 61.6 Å². The number of likely N-dealkylation sites (tertiary alicyclic amines) is 1. The quantitative estimate of drug-likeness (QED) is 0.916. The van der Waals surface area contributed by atoms with Gasteiger partial charge in [0.05, 0.1) is 0 Å². The van der Waals surface area contributed by atoms with Crippen molar-refractivity contribution in [3.63, 3.8) is 0 Å². The highest BCUT2D eigenvalue weighted by Crippen LogP contribution is 2.20. The molecule has 1 aromatic rings. The van der Waals surface area contributed by atoms with E-state index in [9.17, 15) is 9.59 Å². The Labute approximate surface area is 143 Å². The van der Waals surface area contributed by atoms with Crippen molar-refractivity contribution in [1.82, 2.24) is 15.1 Å². The number of nitrogens with one attached hydrogen (secondary N) is 1. The second kappa shape index (κ2) is 8.04. The van der Waals surface area contributed by atoms with Crippen LogP contribution in [0.1, 0.15) is 24.0 Å². The summed E-state index contributed by atoms with van der Waals surface area (Å²) in [5.41, 5.74) is 2.22. The predicted molar refractivity (Wildman–Crippen MR) is 93.2 cm³/mol. The number of hydrogen-bond acceptors (Lipinski definition) is 3. The third kappa shape index (κ3) is 4.63. The van der Waals surface area contributed by atoms with Gasteiger partial charge in [0.2, 0.25) is 0 Å². The van der Waals surface area contributed by atoms with E-state index in [1.165, 1.54) is 4.90 Å². The number of ether oxygens (including phenoxy) is 1. The molecule has 0 unspecified atom stereocenters. The molecule has 24 heavy (non-hydrogen) atoms. The maximum absolute atomic E-state index is 12.3. The van der Waals surface area contributed by atoms with E-state index < -0.39 is 0 Å². The topological polar surface area (TPSA) is 61.9 Å². The highest BCUT2D eigenvalue weighted by molar-refractivity contribution is 5.78. The number of nitrogens with zero attached hydrogens (tertiary/aromatic N) is 2. The van der Waals surface area contributed by atoms with Gasteiger partial charge in [0.1, 0.15) is 5.75 Å². The van der Waals surface area contributed by atoms with E-state index in [1.807, 2.05) is 36.9 Å². The van der Waals surface area contributed by atoms with Crippen molar-refractivity contribution < 1.29 is 14.3 Å². The van der Waals surface area contributed by atoms with Gasteiger partial charge in [-0.05, 0) is 43.9 Å². The summed E-state index contributed by atoms with van der Waals surface area (Å²) in [7, 11) is 3.44. The van der Waals surface area contributed by atoms with Crippen LogP contribution < -0.4 is 10.1 Å². The summed E-state index contributed by atoms with van der Waals surface area (Å²) in [5, 5.41) is 2.97. The zero-order chi connectivity index (χ0) is 17.7. The van der Waals surface area contributed by atoms with Crippen molar-refractivity contribution in [3.8, 4) is 5.75 Å². The minimum Gasteiger partial charge on any atom is -0.483 e. The molecule has 0 aromatic heterocycles. The molecular formula is C18H27N3O3. The fourth-order valence-corrected chi connectivity index (χ4v) is 2.69. The van der Waals surface area contributed by atoms with E-state index in [4.69, 9.17) is 4.74 Å². The molecule has 0 spiro atoms. The van der Waals surface area contributed by atoms with E-state index in [2.05, 4.69) is 5.32 Å². The zero-order valence-electron chi connectivity index (χ0n) is 15.0. The van der Waals surface area contributed by atoms with Gasteiger partial charge in [0.15, 0.2) is 6.61 Å². The summed E-state index contributed by atoms with van der Waals surface area (Å²) < 4.78 is 5.69. The highest BCUT2D eigenvalue weighted by Gasteiger charge is 2.24. The first kappa shape index (κ1) is 18.1. The predicted octanol–water partition coefficient (Wildman–Crippen LogP) is 1.94. The van der Waals surface area contributed by atoms with E-state index in [0.29, 0.717) is 13.1 Å². The van der Waals surface area contributed by atoms with Crippen LogP contribution in [0.3, 0.4) is 0 Å². The molecule has 0 radical (unpaired) electrons. The number of urea groups is 1. The summed E-state index contributed by atoms with van der Waals surface area (Å²) in [6.45, 7) is 5.37. The second-order valence-corrected chi connectivity index (χ2v) is 6.49. The molecule has 0 bridgehead atoms. The molecular weight excluding hydrogens is 306 g/mol. The average Bonchev–Trinajstić information content (AvgIpc) is 2.56. The highest BCUT2D eigenvalue weighted by atomic mass is 16.5. The number of aryl methyl sites for hydroxylation is 1. The van der Waals surface area contributed by atoms with Gasteiger partial charge in [-0.25, -0.2) is 4.79 Å². The van der Waals surface area contributed by atoms with Crippen LogP contribution in [-0.2, 0) is 4.79 Å². The zero-order valence-corrected chi connectivity index (χ0v) is 15.0. The molecule has 1 aromatic carbocycles. The maximum Gasteiger partial charge on any atom is 0.317 e. The summed E-state index contributed by atoms with van der Waals surface area (Å²) in [5.74, 6) is 0.754. The van der Waals surface area contributed by atoms with Gasteiger partial charge >= 0.3 is 6.03 Å². The first-order valence-corrected chi connectivity index (χ1v) is 8.33. The number of amides is 3. The molecule has 2 rings (SSSR count). The normalized spacial score (nSPS) is 15.1. The molecule has 0 saturated carbocycles. The molecule has 1 aliphatic heterocycles. The minimum absolute atomic E-state index is 0.00621. The monoisotopic (exact) mass is 333 g/mol. The largest absolute Gasteiger partial charge is 0.483 e. The Morgan fingerprint density at radius 3 is 2.54 bits per heavy atom. The molecule has 6 nitrogen and oxygen atoms in total. The second-order valence-electron chi connectivity index (χ2n) is 6.49. The Balaban J connectivity index is 1.79. The maximum atomic E-state index is 12.3. The lowest BCUT2D eigenvalue weighted by Crippen LogP contribution is -2.49. The molecule has 1 fully saturated rings. The van der Waals surface area contributed by atoms with E-state index in [-0.39, 0.29) is 24.6 Å². The summed E-state index contributed by atoms with van der Waals surface area (Å²) >= 11 is 0. The number of rotatable bonds is 4. The SMILES string of the molecule is Cc1cccc(OCC(=O)N2CCC(NC(=O)N(C)C)CC2)c1C. The Morgan fingerprint density at radius 2 is 1.92 bits per heavy atom. The smallest absolute Gasteiger partial charge is 0.317 e. The summed E-state index contributed by atoms with van der Waals surface area (Å²) in [6, 6.07) is 5.89. The first-order chi connectivity index (χ1) is 11.4. The average molecular weight is 333 g/mol. The molecule has 132 valence electrons. The van der Waals surface area contributed by atoms with Crippen LogP contribution in [0, 0.1) is 13.8 Å². The van der Waals surface area contributed by atoms with E-state index >= 15 is 0 Å². The Bertz CT molecular complexity index is 593. The van der Waals surface area contributed by atoms with Gasteiger partial charge in [-0.3, -0.25) is 4.79 Å². The molecule has 1 saturated heterocycles. The molecule has 0 aliphatic carbocycles. The van der Waals surface area contributed by atoms with Gasteiger partial charge in [-0.15, -0.1) is 0 Å². The van der Waals surface area contributed by atoms with Crippen LogP contribution in [0.2, 0.25) is 0 Å². The summed E-state index contributed by atoms with van der Waals surface area (Å²) in [6.07, 6.45) is 1.55. The third-order valence-electron chi connectivity index (χ3n) is 4.49. The van der Waals surface area contributed by atoms with E-state index in [1.54, 1.807) is 14.1 Å². The van der Waals surface area contributed by atoms with Gasteiger partial charge < -0.3 is 19.9 Å². The third-order valence-corrected chi connectivity index (χ3v) is 4.49. The van der Waals surface area contributed by atoms with E-state index in [0.717, 1.165) is 29.7 Å². The number of hydrogen-bond donors (Lipinski definition) is 1. The number of benzene rings is 1.